The lowest BCUT2D eigenvalue weighted by atomic mass is 11.3. The van der Waals surface area contributed by atoms with Gasteiger partial charge in [0.1, 0.15) is 0 Å². The van der Waals surface area contributed by atoms with Gasteiger partial charge in [0.15, 0.2) is 0 Å². The van der Waals surface area contributed by atoms with Crippen LogP contribution in [0.5, 0.6) is 0 Å². The van der Waals surface area contributed by atoms with Gasteiger partial charge in [0.2, 0.25) is 0 Å². The molecule has 0 radical (unpaired) electrons. The van der Waals surface area contributed by atoms with Gasteiger partial charge >= 0.3 is 6.16 Å². The number of carbonyl (C=O) groups excluding carboxylic acids is 1. The van der Waals surface area contributed by atoms with Crippen molar-refractivity contribution in [1.82, 2.24) is 0 Å². The van der Waals surface area contributed by atoms with Gasteiger partial charge in [-0.3, -0.25) is 0 Å². The predicted molar refractivity (Wildman–Crippen MR) is 29.3 cm³/mol. The highest BCUT2D eigenvalue weighted by atomic mass is 16.7. The molecule has 0 aliphatic heterocycles. The summed E-state index contributed by atoms with van der Waals surface area (Å²) < 4.78 is 8.08. The maximum absolute atomic E-state index is 9.74. The Morgan fingerprint density at radius 3 is 1.50 bits per heavy atom. The second kappa shape index (κ2) is 9.27. The van der Waals surface area contributed by atoms with Crippen LogP contribution in [0.1, 0.15) is 0 Å². The zero-order valence-corrected chi connectivity index (χ0v) is 4.88. The lowest BCUT2D eigenvalue weighted by Crippen LogP contribution is -1.97. The monoisotopic (exact) mass is 116 g/mol. The van der Waals surface area contributed by atoms with Crippen LogP contribution in [0.25, 0.3) is 0 Å². The van der Waals surface area contributed by atoms with Crippen molar-refractivity contribution in [2.24, 2.45) is 0 Å². The van der Waals surface area contributed by atoms with Crippen LogP contribution in [0.2, 0.25) is 0 Å². The van der Waals surface area contributed by atoms with Gasteiger partial charge in [-0.1, -0.05) is 0 Å². The maximum atomic E-state index is 9.74. The molecule has 0 amide bonds. The van der Waals surface area contributed by atoms with Crippen LogP contribution in [0, 0.1) is 12.8 Å². The predicted octanol–water partition coefficient (Wildman–Crippen LogP) is 0.649. The summed E-state index contributed by atoms with van der Waals surface area (Å²) in [6.07, 6.45) is 7.34. The smallest absolute Gasteiger partial charge is 0.438 e. The molecule has 3 heteroatoms. The van der Waals surface area contributed by atoms with Crippen LogP contribution in [-0.2, 0) is 9.47 Å². The number of terminal acetylenes is 1. The van der Waals surface area contributed by atoms with E-state index in [2.05, 4.69) is 22.3 Å². The zero-order valence-electron chi connectivity index (χ0n) is 4.88. The molecular weight excluding hydrogens is 108 g/mol. The minimum Gasteiger partial charge on any atom is -0.438 e. The average molecular weight is 116 g/mol. The molecule has 8 heavy (non-hydrogen) atoms. The number of carbonyl (C=O) groups is 1. The fourth-order valence-corrected chi connectivity index (χ4v) is 0.0833. The zero-order chi connectivity index (χ0) is 6.99. The summed E-state index contributed by atoms with van der Waals surface area (Å²) in [6.45, 7) is 0. The molecule has 0 unspecified atom stereocenters. The minimum absolute atomic E-state index is 0.657. The van der Waals surface area contributed by atoms with Crippen molar-refractivity contribution in [3.05, 3.63) is 0 Å². The van der Waals surface area contributed by atoms with E-state index < -0.39 is 6.16 Å². The van der Waals surface area contributed by atoms with Crippen molar-refractivity contribution in [3.63, 3.8) is 0 Å². The Balaban J connectivity index is 0. The summed E-state index contributed by atoms with van der Waals surface area (Å²) in [5.41, 5.74) is 0. The molecule has 0 aliphatic carbocycles. The Kier molecular flexibility index (Phi) is 11.5. The molecule has 0 saturated carbocycles. The van der Waals surface area contributed by atoms with E-state index in [0.29, 0.717) is 0 Å². The minimum atomic E-state index is -0.657. The van der Waals surface area contributed by atoms with Gasteiger partial charge in [0, 0.05) is 0 Å². The van der Waals surface area contributed by atoms with Gasteiger partial charge in [-0.25, -0.2) is 4.79 Å². The van der Waals surface area contributed by atoms with Crippen molar-refractivity contribution >= 4 is 6.16 Å². The van der Waals surface area contributed by atoms with Crippen molar-refractivity contribution < 1.29 is 14.3 Å². The van der Waals surface area contributed by atoms with Crippen LogP contribution < -0.4 is 0 Å². The molecule has 0 atom stereocenters. The quantitative estimate of drug-likeness (QED) is 0.344. The lowest BCUT2D eigenvalue weighted by Gasteiger charge is -1.89. The third-order valence-electron chi connectivity index (χ3n) is 0.333. The maximum Gasteiger partial charge on any atom is 0.507 e. The first kappa shape index (κ1) is 9.95. The van der Waals surface area contributed by atoms with E-state index in [0.717, 1.165) is 0 Å². The van der Waals surface area contributed by atoms with Crippen molar-refractivity contribution in [2.45, 2.75) is 0 Å². The molecule has 0 rings (SSSR count). The summed E-state index contributed by atoms with van der Waals surface area (Å²) in [4.78, 5) is 9.74. The van der Waals surface area contributed by atoms with E-state index >= 15 is 0 Å². The topological polar surface area (TPSA) is 35.5 Å². The first-order valence-electron chi connectivity index (χ1n) is 1.76. The van der Waals surface area contributed by atoms with Gasteiger partial charge in [-0.2, -0.15) is 0 Å². The second-order valence-corrected chi connectivity index (χ2v) is 0.658. The molecule has 0 spiro atoms. The summed E-state index contributed by atoms with van der Waals surface area (Å²) in [7, 11) is 2.51. The third-order valence-corrected chi connectivity index (χ3v) is 0.333. The van der Waals surface area contributed by atoms with Gasteiger partial charge < -0.3 is 9.47 Å². The van der Waals surface area contributed by atoms with Crippen LogP contribution in [-0.4, -0.2) is 20.4 Å². The number of hydrogen-bond acceptors (Lipinski definition) is 3. The molecule has 0 N–H and O–H groups in total. The Morgan fingerprint density at radius 1 is 1.25 bits per heavy atom. The largest absolute Gasteiger partial charge is 0.507 e. The fourth-order valence-electron chi connectivity index (χ4n) is 0.0833. The third kappa shape index (κ3) is 8.85. The standard InChI is InChI=1S/C3H6O3.C2H2/c1-5-3(4)6-2;1-2/h1-2H3;1-2H. The van der Waals surface area contributed by atoms with E-state index in [1.807, 2.05) is 0 Å². The van der Waals surface area contributed by atoms with Crippen molar-refractivity contribution in [2.75, 3.05) is 14.2 Å². The van der Waals surface area contributed by atoms with Crippen LogP contribution >= 0.6 is 0 Å². The number of rotatable bonds is 0. The molecule has 0 aromatic heterocycles. The fraction of sp³-hybridized carbons (Fsp3) is 0.400. The molecule has 0 aliphatic rings. The molecule has 0 aromatic carbocycles. The molecule has 0 heterocycles. The first-order chi connectivity index (χ1) is 3.81. The van der Waals surface area contributed by atoms with Gasteiger partial charge in [-0.05, 0) is 0 Å². The average Bonchev–Trinajstić information content (AvgIpc) is 1.91. The molecule has 3 nitrogen and oxygen atoms in total. The van der Waals surface area contributed by atoms with Gasteiger partial charge in [0.25, 0.3) is 0 Å². The second-order valence-electron chi connectivity index (χ2n) is 0.658. The number of methoxy groups -OCH3 is 2. The Hall–Kier alpha value is -1.17. The van der Waals surface area contributed by atoms with E-state index in [9.17, 15) is 4.79 Å². The summed E-state index contributed by atoms with van der Waals surface area (Å²) in [6, 6.07) is 0. The molecule has 46 valence electrons. The highest BCUT2D eigenvalue weighted by molar-refractivity contribution is 5.59. The lowest BCUT2D eigenvalue weighted by molar-refractivity contribution is 0.0924. The molecule has 0 fully saturated rings. The highest BCUT2D eigenvalue weighted by Gasteiger charge is 1.88. The van der Waals surface area contributed by atoms with E-state index in [4.69, 9.17) is 0 Å². The SMILES string of the molecule is C#C.COC(=O)OC. The molecular formula is C5H8O3. The summed E-state index contributed by atoms with van der Waals surface area (Å²) in [5, 5.41) is 0. The van der Waals surface area contributed by atoms with Crippen molar-refractivity contribution in [1.29, 1.82) is 0 Å². The highest BCUT2D eigenvalue weighted by Crippen LogP contribution is 1.72. The Labute approximate surface area is 48.6 Å². The first-order valence-corrected chi connectivity index (χ1v) is 1.76. The molecule has 0 bridgehead atoms. The van der Waals surface area contributed by atoms with Crippen LogP contribution in [0.3, 0.4) is 0 Å². The summed E-state index contributed by atoms with van der Waals surface area (Å²) >= 11 is 0. The number of ether oxygens (including phenoxy) is 2. The molecule has 0 saturated heterocycles. The Bertz CT molecular complexity index is 69.0. The normalized spacial score (nSPS) is 5.50. The van der Waals surface area contributed by atoms with Crippen LogP contribution in [0.4, 0.5) is 4.79 Å². The Morgan fingerprint density at radius 2 is 1.50 bits per heavy atom. The summed E-state index contributed by atoms with van der Waals surface area (Å²) in [5.74, 6) is 0. The van der Waals surface area contributed by atoms with Crippen molar-refractivity contribution in [3.8, 4) is 12.8 Å². The molecule has 0 aromatic rings. The van der Waals surface area contributed by atoms with E-state index in [1.165, 1.54) is 14.2 Å². The van der Waals surface area contributed by atoms with Gasteiger partial charge in [0.05, 0.1) is 14.2 Å². The van der Waals surface area contributed by atoms with Crippen LogP contribution in [0.15, 0.2) is 0 Å². The number of hydrogen-bond donors (Lipinski definition) is 0. The van der Waals surface area contributed by atoms with Gasteiger partial charge in [-0.15, -0.1) is 12.8 Å². The van der Waals surface area contributed by atoms with E-state index in [-0.39, 0.29) is 0 Å². The van der Waals surface area contributed by atoms with E-state index in [1.54, 1.807) is 0 Å².